The standard InChI is InChI=1S/C30H28FN7O4/c1-30(2,17-39)26-16-27(38(37-26)19-6-8-23-18(13-19)5-4-11-33-23)36-29(41)35-24-9-7-20(14-22(24)31)42-21-10-12-34-25(15-21)28(40)32-3/h4-16,39H,17H2,1-3H3,(H,32,40)(H2,35,36,41). The number of hydrogen-bond donors (Lipinski definition) is 4. The summed E-state index contributed by atoms with van der Waals surface area (Å²) in [5.74, 6) is -0.352. The van der Waals surface area contributed by atoms with Crippen molar-refractivity contribution in [2.45, 2.75) is 19.3 Å². The number of aliphatic hydroxyl groups is 1. The molecule has 42 heavy (non-hydrogen) atoms. The molecule has 0 aliphatic carbocycles. The Hall–Kier alpha value is -5.36. The average molecular weight is 570 g/mol. The SMILES string of the molecule is CNC(=O)c1cc(Oc2ccc(NC(=O)Nc3cc(C(C)(C)CO)nn3-c3ccc4ncccc4c3)c(F)c2)ccn1. The van der Waals surface area contributed by atoms with Crippen LogP contribution in [0.25, 0.3) is 16.6 Å². The van der Waals surface area contributed by atoms with E-state index >= 15 is 0 Å². The van der Waals surface area contributed by atoms with E-state index in [4.69, 9.17) is 4.74 Å². The van der Waals surface area contributed by atoms with Gasteiger partial charge in [0.15, 0.2) is 0 Å². The number of halogens is 1. The maximum atomic E-state index is 15.0. The minimum atomic E-state index is -0.735. The van der Waals surface area contributed by atoms with Crippen molar-refractivity contribution in [3.8, 4) is 17.2 Å². The first-order valence-electron chi connectivity index (χ1n) is 13.0. The number of hydrogen-bond acceptors (Lipinski definition) is 7. The fourth-order valence-electron chi connectivity index (χ4n) is 4.07. The lowest BCUT2D eigenvalue weighted by atomic mass is 9.91. The van der Waals surface area contributed by atoms with E-state index in [-0.39, 0.29) is 29.6 Å². The maximum Gasteiger partial charge on any atom is 0.324 e. The molecule has 0 aliphatic rings. The Morgan fingerprint density at radius 2 is 1.79 bits per heavy atom. The smallest absolute Gasteiger partial charge is 0.324 e. The van der Waals surface area contributed by atoms with Crippen LogP contribution in [0.1, 0.15) is 30.0 Å². The summed E-state index contributed by atoms with van der Waals surface area (Å²) in [6.07, 6.45) is 3.11. The lowest BCUT2D eigenvalue weighted by Crippen LogP contribution is -2.22. The molecular weight excluding hydrogens is 541 g/mol. The van der Waals surface area contributed by atoms with E-state index < -0.39 is 17.3 Å². The minimum absolute atomic E-state index is 0.0839. The Kier molecular flexibility index (Phi) is 7.80. The first kappa shape index (κ1) is 28.2. The Labute approximate surface area is 240 Å². The first-order valence-corrected chi connectivity index (χ1v) is 13.0. The van der Waals surface area contributed by atoms with Gasteiger partial charge in [-0.15, -0.1) is 0 Å². The lowest BCUT2D eigenvalue weighted by Gasteiger charge is -2.18. The fourth-order valence-corrected chi connectivity index (χ4v) is 4.07. The minimum Gasteiger partial charge on any atom is -0.457 e. The van der Waals surface area contributed by atoms with E-state index in [9.17, 15) is 19.1 Å². The molecule has 3 amide bonds. The van der Waals surface area contributed by atoms with Crippen molar-refractivity contribution in [3.63, 3.8) is 0 Å². The number of anilines is 2. The molecule has 3 heterocycles. The number of fused-ring (bicyclic) bond motifs is 1. The van der Waals surface area contributed by atoms with Crippen LogP contribution in [0, 0.1) is 5.82 Å². The topological polar surface area (TPSA) is 143 Å². The number of ether oxygens (including phenoxy) is 1. The van der Waals surface area contributed by atoms with Crippen LogP contribution in [0.2, 0.25) is 0 Å². The van der Waals surface area contributed by atoms with Gasteiger partial charge in [0, 0.05) is 48.4 Å². The van der Waals surface area contributed by atoms with Crippen LogP contribution in [0.4, 0.5) is 20.7 Å². The summed E-state index contributed by atoms with van der Waals surface area (Å²) in [5.41, 5.74) is 1.39. The van der Waals surface area contributed by atoms with Gasteiger partial charge in [0.2, 0.25) is 0 Å². The summed E-state index contributed by atoms with van der Waals surface area (Å²) in [6.45, 7) is 3.50. The molecule has 214 valence electrons. The van der Waals surface area contributed by atoms with Gasteiger partial charge in [-0.3, -0.25) is 20.1 Å². The number of carbonyl (C=O) groups excluding carboxylic acids is 2. The molecule has 5 aromatic rings. The van der Waals surface area contributed by atoms with E-state index in [2.05, 4.69) is 31.0 Å². The van der Waals surface area contributed by atoms with E-state index in [1.807, 2.05) is 44.2 Å². The predicted octanol–water partition coefficient (Wildman–Crippen LogP) is 5.02. The Balaban J connectivity index is 1.36. The van der Waals surface area contributed by atoms with E-state index in [1.54, 1.807) is 16.9 Å². The molecule has 0 saturated carbocycles. The second-order valence-corrected chi connectivity index (χ2v) is 10.0. The monoisotopic (exact) mass is 569 g/mol. The summed E-state index contributed by atoms with van der Waals surface area (Å²) >= 11 is 0. The summed E-state index contributed by atoms with van der Waals surface area (Å²) in [6, 6.07) is 17.2. The molecule has 0 saturated heterocycles. The van der Waals surface area contributed by atoms with Gasteiger partial charge in [0.1, 0.15) is 28.8 Å². The highest BCUT2D eigenvalue weighted by Crippen LogP contribution is 2.29. The highest BCUT2D eigenvalue weighted by atomic mass is 19.1. The van der Waals surface area contributed by atoms with Gasteiger partial charge >= 0.3 is 6.03 Å². The molecule has 0 atom stereocenters. The van der Waals surface area contributed by atoms with Gasteiger partial charge in [0.05, 0.1) is 29.2 Å². The maximum absolute atomic E-state index is 15.0. The predicted molar refractivity (Wildman–Crippen MR) is 156 cm³/mol. The fraction of sp³-hybridized carbons (Fsp3) is 0.167. The van der Waals surface area contributed by atoms with Gasteiger partial charge in [-0.05, 0) is 42.5 Å². The number of aromatic nitrogens is 4. The summed E-state index contributed by atoms with van der Waals surface area (Å²) < 4.78 is 22.2. The number of aliphatic hydroxyl groups excluding tert-OH is 1. The third kappa shape index (κ3) is 6.03. The van der Waals surface area contributed by atoms with Gasteiger partial charge in [-0.2, -0.15) is 5.10 Å². The van der Waals surface area contributed by atoms with Crippen molar-refractivity contribution < 1.29 is 23.8 Å². The van der Waals surface area contributed by atoms with Gasteiger partial charge in [0.25, 0.3) is 5.91 Å². The second-order valence-electron chi connectivity index (χ2n) is 10.0. The Bertz CT molecular complexity index is 1790. The summed E-state index contributed by atoms with van der Waals surface area (Å²) in [4.78, 5) is 33.1. The van der Waals surface area contributed by atoms with Crippen molar-refractivity contribution in [2.24, 2.45) is 0 Å². The Morgan fingerprint density at radius 1 is 0.976 bits per heavy atom. The quantitative estimate of drug-likeness (QED) is 0.205. The molecule has 12 heteroatoms. The zero-order valence-electron chi connectivity index (χ0n) is 23.1. The lowest BCUT2D eigenvalue weighted by molar-refractivity contribution is 0.0957. The molecule has 0 radical (unpaired) electrons. The van der Waals surface area contributed by atoms with Crippen LogP contribution in [0.15, 0.2) is 79.1 Å². The molecule has 0 spiro atoms. The van der Waals surface area contributed by atoms with Gasteiger partial charge < -0.3 is 20.5 Å². The van der Waals surface area contributed by atoms with E-state index in [0.29, 0.717) is 22.9 Å². The normalized spacial score (nSPS) is 11.3. The van der Waals surface area contributed by atoms with Crippen LogP contribution in [0.3, 0.4) is 0 Å². The Morgan fingerprint density at radius 3 is 2.55 bits per heavy atom. The van der Waals surface area contributed by atoms with Crippen molar-refractivity contribution in [3.05, 3.63) is 96.3 Å². The van der Waals surface area contributed by atoms with Crippen LogP contribution in [-0.4, -0.2) is 50.4 Å². The van der Waals surface area contributed by atoms with Gasteiger partial charge in [-0.25, -0.2) is 13.9 Å². The summed E-state index contributed by atoms with van der Waals surface area (Å²) in [5, 5.41) is 23.2. The van der Waals surface area contributed by atoms with Crippen molar-refractivity contribution in [1.29, 1.82) is 0 Å². The zero-order valence-corrected chi connectivity index (χ0v) is 23.1. The number of nitrogens with one attached hydrogen (secondary N) is 3. The zero-order chi connectivity index (χ0) is 29.9. The van der Waals surface area contributed by atoms with Crippen LogP contribution in [-0.2, 0) is 5.41 Å². The van der Waals surface area contributed by atoms with E-state index in [0.717, 1.165) is 17.0 Å². The number of urea groups is 1. The summed E-state index contributed by atoms with van der Waals surface area (Å²) in [7, 11) is 1.48. The molecule has 11 nitrogen and oxygen atoms in total. The van der Waals surface area contributed by atoms with Crippen LogP contribution in [0.5, 0.6) is 11.5 Å². The second kappa shape index (κ2) is 11.6. The molecule has 2 aromatic carbocycles. The molecule has 4 N–H and O–H groups in total. The number of rotatable bonds is 8. The highest BCUT2D eigenvalue weighted by Gasteiger charge is 2.26. The number of carbonyl (C=O) groups is 2. The molecule has 0 bridgehead atoms. The van der Waals surface area contributed by atoms with Gasteiger partial charge in [-0.1, -0.05) is 19.9 Å². The molecular formula is C30H28FN7O4. The molecule has 5 rings (SSSR count). The molecule has 0 aliphatic heterocycles. The van der Waals surface area contributed by atoms with Crippen molar-refractivity contribution in [1.82, 2.24) is 25.1 Å². The third-order valence-electron chi connectivity index (χ3n) is 6.49. The molecule has 0 unspecified atom stereocenters. The number of pyridine rings is 2. The molecule has 0 fully saturated rings. The van der Waals surface area contributed by atoms with Crippen molar-refractivity contribution >= 4 is 34.3 Å². The first-order chi connectivity index (χ1) is 20.2. The van der Waals surface area contributed by atoms with Crippen LogP contribution < -0.4 is 20.7 Å². The van der Waals surface area contributed by atoms with Crippen LogP contribution >= 0.6 is 0 Å². The molecule has 3 aromatic heterocycles. The number of benzene rings is 2. The third-order valence-corrected chi connectivity index (χ3v) is 6.49. The van der Waals surface area contributed by atoms with E-state index in [1.165, 1.54) is 37.5 Å². The van der Waals surface area contributed by atoms with Crippen molar-refractivity contribution in [2.75, 3.05) is 24.3 Å². The highest BCUT2D eigenvalue weighted by molar-refractivity contribution is 5.99. The number of amides is 3. The average Bonchev–Trinajstić information content (AvgIpc) is 3.42. The number of nitrogens with zero attached hydrogens (tertiary/aromatic N) is 4. The largest absolute Gasteiger partial charge is 0.457 e.